The molecule has 0 unspecified atom stereocenters. The van der Waals surface area contributed by atoms with Crippen LogP contribution in [0.25, 0.3) is 0 Å². The molecule has 116 valence electrons. The van der Waals surface area contributed by atoms with Gasteiger partial charge in [-0.15, -0.1) is 0 Å². The van der Waals surface area contributed by atoms with Gasteiger partial charge in [0.2, 0.25) is 0 Å². The monoisotopic (exact) mass is 312 g/mol. The molecule has 0 saturated carbocycles. The topological polar surface area (TPSA) is 79.7 Å². The molecular formula is C14H20N2O4S. The van der Waals surface area contributed by atoms with Crippen molar-refractivity contribution in [2.24, 2.45) is 11.3 Å². The van der Waals surface area contributed by atoms with E-state index in [4.69, 9.17) is 4.74 Å². The van der Waals surface area contributed by atoms with Crippen molar-refractivity contribution >= 4 is 15.7 Å². The first-order valence-electron chi connectivity index (χ1n) is 6.98. The number of fused-ring (bicyclic) bond motifs is 1. The summed E-state index contributed by atoms with van der Waals surface area (Å²) in [5, 5.41) is 9.67. The lowest BCUT2D eigenvalue weighted by Gasteiger charge is -2.24. The van der Waals surface area contributed by atoms with E-state index in [1.807, 2.05) is 6.07 Å². The highest BCUT2D eigenvalue weighted by Crippen LogP contribution is 2.42. The molecule has 1 aromatic rings. The van der Waals surface area contributed by atoms with Crippen molar-refractivity contribution < 1.29 is 18.3 Å². The second-order valence-corrected chi connectivity index (χ2v) is 8.35. The number of ether oxygens (including phenoxy) is 1. The van der Waals surface area contributed by atoms with Gasteiger partial charge < -0.3 is 14.7 Å². The van der Waals surface area contributed by atoms with Gasteiger partial charge in [0.1, 0.15) is 5.82 Å². The van der Waals surface area contributed by atoms with Crippen LogP contribution in [0.2, 0.25) is 0 Å². The van der Waals surface area contributed by atoms with Crippen molar-refractivity contribution in [2.75, 3.05) is 44.1 Å². The Kier molecular flexibility index (Phi) is 3.67. The molecule has 0 radical (unpaired) electrons. The van der Waals surface area contributed by atoms with Crippen LogP contribution < -0.4 is 4.90 Å². The van der Waals surface area contributed by atoms with Crippen LogP contribution in [0.5, 0.6) is 0 Å². The van der Waals surface area contributed by atoms with Crippen molar-refractivity contribution in [1.82, 2.24) is 4.98 Å². The molecule has 2 saturated heterocycles. The fraction of sp³-hybridized carbons (Fsp3) is 0.643. The summed E-state index contributed by atoms with van der Waals surface area (Å²) >= 11 is 0. The maximum Gasteiger partial charge on any atom is 0.151 e. The molecule has 2 aliphatic heterocycles. The molecule has 0 amide bonds. The Bertz CT molecular complexity index is 616. The summed E-state index contributed by atoms with van der Waals surface area (Å²) in [5.74, 6) is 1.17. The number of nitrogens with zero attached hydrogens (tertiary/aromatic N) is 2. The van der Waals surface area contributed by atoms with Gasteiger partial charge >= 0.3 is 0 Å². The average Bonchev–Trinajstić information content (AvgIpc) is 2.94. The molecule has 7 heteroatoms. The van der Waals surface area contributed by atoms with Crippen LogP contribution in [0, 0.1) is 11.3 Å². The fourth-order valence-corrected chi connectivity index (χ4v) is 4.00. The lowest BCUT2D eigenvalue weighted by Crippen LogP contribution is -2.34. The molecule has 3 heterocycles. The minimum absolute atomic E-state index is 0.0112. The van der Waals surface area contributed by atoms with Gasteiger partial charge in [-0.05, 0) is 11.6 Å². The van der Waals surface area contributed by atoms with E-state index < -0.39 is 9.84 Å². The van der Waals surface area contributed by atoms with E-state index in [1.54, 1.807) is 12.3 Å². The van der Waals surface area contributed by atoms with Gasteiger partial charge in [0.25, 0.3) is 0 Å². The summed E-state index contributed by atoms with van der Waals surface area (Å²) in [6.07, 6.45) is 2.83. The van der Waals surface area contributed by atoms with Crippen molar-refractivity contribution in [2.45, 2.75) is 5.75 Å². The number of aliphatic hydroxyl groups excluding tert-OH is 1. The zero-order valence-electron chi connectivity index (χ0n) is 12.0. The zero-order valence-corrected chi connectivity index (χ0v) is 12.8. The number of hydrogen-bond acceptors (Lipinski definition) is 6. The van der Waals surface area contributed by atoms with Crippen LogP contribution in [0.1, 0.15) is 5.56 Å². The van der Waals surface area contributed by atoms with E-state index in [0.717, 1.165) is 18.9 Å². The lowest BCUT2D eigenvalue weighted by molar-refractivity contribution is 0.0989. The summed E-state index contributed by atoms with van der Waals surface area (Å²) in [6.45, 7) is 2.95. The molecule has 1 aromatic heterocycles. The van der Waals surface area contributed by atoms with Crippen LogP contribution in [-0.2, 0) is 20.3 Å². The van der Waals surface area contributed by atoms with Crippen LogP contribution >= 0.6 is 0 Å². The van der Waals surface area contributed by atoms with Gasteiger partial charge in [-0.1, -0.05) is 6.07 Å². The first-order chi connectivity index (χ1) is 9.92. The molecule has 0 aromatic carbocycles. The number of anilines is 1. The van der Waals surface area contributed by atoms with E-state index >= 15 is 0 Å². The van der Waals surface area contributed by atoms with Gasteiger partial charge in [-0.3, -0.25) is 0 Å². The summed E-state index contributed by atoms with van der Waals surface area (Å²) in [4.78, 5) is 6.52. The third-order valence-electron chi connectivity index (χ3n) is 4.40. The molecule has 21 heavy (non-hydrogen) atoms. The summed E-state index contributed by atoms with van der Waals surface area (Å²) in [6, 6.07) is 3.66. The van der Waals surface area contributed by atoms with E-state index in [0.29, 0.717) is 24.7 Å². The smallest absolute Gasteiger partial charge is 0.151 e. The Morgan fingerprint density at radius 1 is 1.52 bits per heavy atom. The third kappa shape index (κ3) is 2.90. The highest BCUT2D eigenvalue weighted by Gasteiger charge is 2.50. The first kappa shape index (κ1) is 14.7. The van der Waals surface area contributed by atoms with E-state index in [2.05, 4.69) is 9.88 Å². The van der Waals surface area contributed by atoms with Gasteiger partial charge in [0.15, 0.2) is 9.84 Å². The Balaban J connectivity index is 1.74. The van der Waals surface area contributed by atoms with Gasteiger partial charge in [0, 0.05) is 36.9 Å². The molecule has 1 N–H and O–H groups in total. The second-order valence-electron chi connectivity index (χ2n) is 6.21. The predicted molar refractivity (Wildman–Crippen MR) is 78.8 cm³/mol. The maximum absolute atomic E-state index is 11.3. The number of sulfone groups is 1. The number of aliphatic hydroxyl groups is 1. The standard InChI is InChI=1S/C14H20N2O4S/c1-21(18,19)7-11-2-3-13(15-4-11)16-5-12-6-20-10-14(12,8-16)9-17/h2-4,12,17H,5-10H2,1H3/t12-,14-/m0/s1. The third-order valence-corrected chi connectivity index (χ3v) is 5.26. The number of aromatic nitrogens is 1. The summed E-state index contributed by atoms with van der Waals surface area (Å²) in [5.41, 5.74) is 0.522. The van der Waals surface area contributed by atoms with Crippen LogP contribution in [-0.4, -0.2) is 57.7 Å². The van der Waals surface area contributed by atoms with Crippen LogP contribution in [0.4, 0.5) is 5.82 Å². The molecule has 2 fully saturated rings. The summed E-state index contributed by atoms with van der Waals surface area (Å²) < 4.78 is 28.0. The SMILES string of the molecule is CS(=O)(=O)Cc1ccc(N2C[C@H]3COC[C@@]3(CO)C2)nc1. The Hall–Kier alpha value is -1.18. The van der Waals surface area contributed by atoms with Crippen LogP contribution in [0.3, 0.4) is 0 Å². The highest BCUT2D eigenvalue weighted by molar-refractivity contribution is 7.89. The van der Waals surface area contributed by atoms with Crippen molar-refractivity contribution in [3.8, 4) is 0 Å². The Morgan fingerprint density at radius 2 is 2.33 bits per heavy atom. The van der Waals surface area contributed by atoms with Crippen molar-refractivity contribution in [1.29, 1.82) is 0 Å². The number of pyridine rings is 1. The average molecular weight is 312 g/mol. The second kappa shape index (κ2) is 5.23. The molecular weight excluding hydrogens is 292 g/mol. The molecule has 2 atom stereocenters. The molecule has 3 rings (SSSR count). The highest BCUT2D eigenvalue weighted by atomic mass is 32.2. The van der Waals surface area contributed by atoms with Gasteiger partial charge in [-0.2, -0.15) is 0 Å². The molecule has 0 bridgehead atoms. The lowest BCUT2D eigenvalue weighted by atomic mass is 9.82. The Morgan fingerprint density at radius 3 is 2.90 bits per heavy atom. The van der Waals surface area contributed by atoms with E-state index in [9.17, 15) is 13.5 Å². The molecule has 6 nitrogen and oxygen atoms in total. The first-order valence-corrected chi connectivity index (χ1v) is 9.04. The van der Waals surface area contributed by atoms with Crippen LogP contribution in [0.15, 0.2) is 18.3 Å². The van der Waals surface area contributed by atoms with Crippen molar-refractivity contribution in [3.05, 3.63) is 23.9 Å². The van der Waals surface area contributed by atoms with E-state index in [-0.39, 0.29) is 17.8 Å². The van der Waals surface area contributed by atoms with Gasteiger partial charge in [-0.25, -0.2) is 13.4 Å². The molecule has 0 spiro atoms. The number of rotatable bonds is 4. The van der Waals surface area contributed by atoms with Gasteiger partial charge in [0.05, 0.1) is 25.6 Å². The fourth-order valence-electron chi connectivity index (χ4n) is 3.22. The van der Waals surface area contributed by atoms with Crippen molar-refractivity contribution in [3.63, 3.8) is 0 Å². The quantitative estimate of drug-likeness (QED) is 0.847. The summed E-state index contributed by atoms with van der Waals surface area (Å²) in [7, 11) is -3.04. The predicted octanol–water partition coefficient (Wildman–Crippen LogP) is 0.0713. The number of hydrogen-bond donors (Lipinski definition) is 1. The Labute approximate surface area is 124 Å². The van der Waals surface area contributed by atoms with E-state index in [1.165, 1.54) is 6.26 Å². The minimum atomic E-state index is -3.04. The normalized spacial score (nSPS) is 28.9. The maximum atomic E-state index is 11.3. The largest absolute Gasteiger partial charge is 0.396 e. The minimum Gasteiger partial charge on any atom is -0.396 e. The molecule has 0 aliphatic carbocycles. The zero-order chi connectivity index (χ0) is 15.1. The molecule has 2 aliphatic rings.